The summed E-state index contributed by atoms with van der Waals surface area (Å²) in [6.45, 7) is 4.88. The molecule has 4 rings (SSSR count). The summed E-state index contributed by atoms with van der Waals surface area (Å²) in [5.41, 5.74) is 2.91. The van der Waals surface area contributed by atoms with Crippen molar-refractivity contribution in [1.29, 1.82) is 0 Å². The zero-order valence-corrected chi connectivity index (χ0v) is 17.2. The van der Waals surface area contributed by atoms with Crippen molar-refractivity contribution in [1.82, 2.24) is 19.5 Å². The molecule has 142 valence electrons. The lowest BCUT2D eigenvalue weighted by Crippen LogP contribution is -2.17. The molecule has 0 spiro atoms. The number of nitrogens with zero attached hydrogens (tertiary/aromatic N) is 3. The van der Waals surface area contributed by atoms with Crippen molar-refractivity contribution in [2.75, 3.05) is 5.32 Å². The molecule has 3 aromatic rings. The Kier molecular flexibility index (Phi) is 5.19. The lowest BCUT2D eigenvalue weighted by Gasteiger charge is -2.15. The van der Waals surface area contributed by atoms with Crippen LogP contribution in [0, 0.1) is 4.77 Å². The highest BCUT2D eigenvalue weighted by molar-refractivity contribution is 7.71. The monoisotopic (exact) mass is 401 g/mol. The average molecular weight is 402 g/mol. The topological polar surface area (TPSA) is 58.5 Å². The van der Waals surface area contributed by atoms with Gasteiger partial charge in [-0.05, 0) is 42.8 Å². The number of anilines is 1. The van der Waals surface area contributed by atoms with Crippen molar-refractivity contribution >= 4 is 40.8 Å². The first-order valence-electron chi connectivity index (χ1n) is 9.52. The number of hydrogen-bond acceptors (Lipinski definition) is 4. The van der Waals surface area contributed by atoms with E-state index in [2.05, 4.69) is 24.1 Å². The quantitative estimate of drug-likeness (QED) is 0.541. The molecule has 1 aromatic carbocycles. The number of halogens is 1. The predicted octanol–water partition coefficient (Wildman–Crippen LogP) is 5.67. The SMILES string of the molecule is CC(C)c1nc2c([nH]1)c(NC1CCCC1)nc(=S)n2Cc1ccc(Cl)cc1. The van der Waals surface area contributed by atoms with Crippen LogP contribution in [-0.4, -0.2) is 25.6 Å². The molecule has 0 amide bonds. The Morgan fingerprint density at radius 3 is 2.59 bits per heavy atom. The van der Waals surface area contributed by atoms with Crippen LogP contribution in [0.15, 0.2) is 24.3 Å². The van der Waals surface area contributed by atoms with Crippen LogP contribution in [0.3, 0.4) is 0 Å². The molecule has 1 aliphatic rings. The molecular weight excluding hydrogens is 378 g/mol. The molecule has 27 heavy (non-hydrogen) atoms. The molecule has 0 bridgehead atoms. The van der Waals surface area contributed by atoms with Crippen LogP contribution in [-0.2, 0) is 6.54 Å². The van der Waals surface area contributed by atoms with Crippen LogP contribution in [0.5, 0.6) is 0 Å². The van der Waals surface area contributed by atoms with Crippen molar-refractivity contribution in [3.63, 3.8) is 0 Å². The van der Waals surface area contributed by atoms with Crippen molar-refractivity contribution in [3.8, 4) is 0 Å². The Labute approximate surface area is 169 Å². The summed E-state index contributed by atoms with van der Waals surface area (Å²) < 4.78 is 2.54. The maximum atomic E-state index is 6.02. The minimum atomic E-state index is 0.300. The van der Waals surface area contributed by atoms with E-state index in [0.29, 0.717) is 23.3 Å². The zero-order valence-electron chi connectivity index (χ0n) is 15.6. The van der Waals surface area contributed by atoms with Crippen molar-refractivity contribution < 1.29 is 0 Å². The van der Waals surface area contributed by atoms with Gasteiger partial charge < -0.3 is 10.3 Å². The van der Waals surface area contributed by atoms with Gasteiger partial charge in [-0.1, -0.05) is 50.4 Å². The maximum absolute atomic E-state index is 6.02. The standard InChI is InChI=1S/C20H24ClN5S/c1-12(2)17-23-16-18(22-15-5-3-4-6-15)25-20(27)26(19(16)24-17)11-13-7-9-14(21)10-8-13/h7-10,12,15H,3-6,11H2,1-2H3,(H,23,24)(H,22,25,27). The number of nitrogens with one attached hydrogen (secondary N) is 2. The molecule has 1 saturated carbocycles. The lowest BCUT2D eigenvalue weighted by molar-refractivity contribution is 0.740. The van der Waals surface area contributed by atoms with Crippen LogP contribution >= 0.6 is 23.8 Å². The van der Waals surface area contributed by atoms with Gasteiger partial charge in [0.15, 0.2) is 11.5 Å². The molecule has 0 unspecified atom stereocenters. The van der Waals surface area contributed by atoms with Crippen molar-refractivity contribution in [3.05, 3.63) is 45.4 Å². The summed E-state index contributed by atoms with van der Waals surface area (Å²) in [7, 11) is 0. The number of aromatic amines is 1. The Morgan fingerprint density at radius 2 is 1.93 bits per heavy atom. The Bertz CT molecular complexity index is 1000. The van der Waals surface area contributed by atoms with Gasteiger partial charge in [-0.25, -0.2) is 9.97 Å². The van der Waals surface area contributed by atoms with Gasteiger partial charge in [0.1, 0.15) is 11.3 Å². The fraction of sp³-hybridized carbons (Fsp3) is 0.450. The third-order valence-corrected chi connectivity index (χ3v) is 5.69. The molecule has 2 heterocycles. The molecule has 5 nitrogen and oxygen atoms in total. The summed E-state index contributed by atoms with van der Waals surface area (Å²) >= 11 is 11.7. The van der Waals surface area contributed by atoms with Gasteiger partial charge >= 0.3 is 0 Å². The molecule has 0 aliphatic heterocycles. The summed E-state index contributed by atoms with van der Waals surface area (Å²) in [5, 5.41) is 4.32. The second-order valence-electron chi connectivity index (χ2n) is 7.56. The molecule has 0 radical (unpaired) electrons. The van der Waals surface area contributed by atoms with Crippen LogP contribution < -0.4 is 5.32 Å². The minimum absolute atomic E-state index is 0.300. The second-order valence-corrected chi connectivity index (χ2v) is 8.36. The minimum Gasteiger partial charge on any atom is -0.365 e. The molecule has 7 heteroatoms. The predicted molar refractivity (Wildman–Crippen MR) is 113 cm³/mol. The maximum Gasteiger partial charge on any atom is 0.203 e. The van der Waals surface area contributed by atoms with Gasteiger partial charge in [0, 0.05) is 17.0 Å². The number of imidazole rings is 1. The second kappa shape index (κ2) is 7.60. The number of aromatic nitrogens is 4. The molecule has 2 N–H and O–H groups in total. The molecule has 1 aliphatic carbocycles. The van der Waals surface area contributed by atoms with Gasteiger partial charge in [-0.15, -0.1) is 0 Å². The van der Waals surface area contributed by atoms with E-state index in [1.54, 1.807) is 0 Å². The van der Waals surface area contributed by atoms with Gasteiger partial charge in [0.25, 0.3) is 0 Å². The molecular formula is C20H24ClN5S. The normalized spacial score (nSPS) is 15.1. The highest BCUT2D eigenvalue weighted by atomic mass is 35.5. The molecule has 2 aromatic heterocycles. The Morgan fingerprint density at radius 1 is 1.22 bits per heavy atom. The lowest BCUT2D eigenvalue weighted by atomic mass is 10.2. The summed E-state index contributed by atoms with van der Waals surface area (Å²) in [6.07, 6.45) is 4.90. The Hall–Kier alpha value is -1.92. The summed E-state index contributed by atoms with van der Waals surface area (Å²) in [6, 6.07) is 8.28. The van der Waals surface area contributed by atoms with E-state index in [4.69, 9.17) is 33.8 Å². The largest absolute Gasteiger partial charge is 0.365 e. The first-order chi connectivity index (χ1) is 13.0. The van der Waals surface area contributed by atoms with Gasteiger partial charge in [-0.2, -0.15) is 0 Å². The summed E-state index contributed by atoms with van der Waals surface area (Å²) in [5.74, 6) is 2.08. The Balaban J connectivity index is 1.79. The molecule has 0 saturated heterocycles. The summed E-state index contributed by atoms with van der Waals surface area (Å²) in [4.78, 5) is 13.1. The van der Waals surface area contributed by atoms with E-state index in [0.717, 1.165) is 33.4 Å². The van der Waals surface area contributed by atoms with E-state index < -0.39 is 0 Å². The highest BCUT2D eigenvalue weighted by Crippen LogP contribution is 2.27. The highest BCUT2D eigenvalue weighted by Gasteiger charge is 2.20. The van der Waals surface area contributed by atoms with Crippen LogP contribution in [0.4, 0.5) is 5.82 Å². The number of benzene rings is 1. The molecule has 0 atom stereocenters. The zero-order chi connectivity index (χ0) is 19.0. The van der Waals surface area contributed by atoms with Gasteiger partial charge in [0.2, 0.25) is 4.77 Å². The van der Waals surface area contributed by atoms with E-state index in [1.165, 1.54) is 25.7 Å². The fourth-order valence-electron chi connectivity index (χ4n) is 3.60. The van der Waals surface area contributed by atoms with Crippen LogP contribution in [0.2, 0.25) is 5.02 Å². The van der Waals surface area contributed by atoms with Gasteiger partial charge in [-0.3, -0.25) is 4.57 Å². The van der Waals surface area contributed by atoms with E-state index in [9.17, 15) is 0 Å². The van der Waals surface area contributed by atoms with E-state index in [1.807, 2.05) is 28.8 Å². The number of hydrogen-bond donors (Lipinski definition) is 2. The molecule has 1 fully saturated rings. The van der Waals surface area contributed by atoms with Crippen LogP contribution in [0.25, 0.3) is 11.2 Å². The smallest absolute Gasteiger partial charge is 0.203 e. The first kappa shape index (κ1) is 18.4. The number of H-pyrrole nitrogens is 1. The first-order valence-corrected chi connectivity index (χ1v) is 10.3. The van der Waals surface area contributed by atoms with E-state index in [-0.39, 0.29) is 0 Å². The van der Waals surface area contributed by atoms with E-state index >= 15 is 0 Å². The average Bonchev–Trinajstić information content (AvgIpc) is 3.29. The third kappa shape index (κ3) is 3.87. The third-order valence-electron chi connectivity index (χ3n) is 5.13. The van der Waals surface area contributed by atoms with Crippen LogP contribution in [0.1, 0.15) is 56.8 Å². The number of fused-ring (bicyclic) bond motifs is 1. The van der Waals surface area contributed by atoms with Crippen molar-refractivity contribution in [2.24, 2.45) is 0 Å². The van der Waals surface area contributed by atoms with Gasteiger partial charge in [0.05, 0.1) is 6.54 Å². The fourth-order valence-corrected chi connectivity index (χ4v) is 3.97. The van der Waals surface area contributed by atoms with Crippen molar-refractivity contribution in [2.45, 2.75) is 58.0 Å². The number of rotatable bonds is 5.